The Kier molecular flexibility index (Phi) is 8.10. The lowest BCUT2D eigenvalue weighted by Gasteiger charge is -2.47. The molecule has 0 bridgehead atoms. The number of aromatic nitrogens is 1. The maximum Gasteiger partial charge on any atom is 0.231 e. The Balaban J connectivity index is 1.20. The monoisotopic (exact) mass is 613 g/mol. The van der Waals surface area contributed by atoms with Crippen LogP contribution in [0.25, 0.3) is 0 Å². The highest BCUT2D eigenvalue weighted by atomic mass is 32.2. The Labute approximate surface area is 253 Å². The molecule has 43 heavy (non-hydrogen) atoms. The summed E-state index contributed by atoms with van der Waals surface area (Å²) in [5.41, 5.74) is 2.89. The standard InChI is InChI=1S/C32H43N3O7S/c1-31(2,3)14-21-11-23-25(15-32(8-4-9-32)42-30(23)34-16-21)33-17-26(36)24(35-29(37)22-7-10-43(38,39)18-22)12-20-5-6-27-28(13-20)41-19-40-27/h5-6,11,13,16,22,24-26,33,36H,4,7-10,12,14-15,17-19H2,1-3H3,(H,35,37)/t22?,24-,25-,26+/m0/s1. The van der Waals surface area contributed by atoms with E-state index in [2.05, 4.69) is 37.5 Å². The smallest absolute Gasteiger partial charge is 0.231 e. The lowest BCUT2D eigenvalue weighted by molar-refractivity contribution is -0.125. The zero-order chi connectivity index (χ0) is 30.4. The molecule has 10 nitrogen and oxygen atoms in total. The van der Waals surface area contributed by atoms with Gasteiger partial charge in [-0.05, 0) is 73.3 Å². The van der Waals surface area contributed by atoms with Crippen LogP contribution in [0.1, 0.15) is 75.6 Å². The van der Waals surface area contributed by atoms with E-state index < -0.39 is 27.9 Å². The highest BCUT2D eigenvalue weighted by Crippen LogP contribution is 2.48. The van der Waals surface area contributed by atoms with Gasteiger partial charge in [-0.15, -0.1) is 0 Å². The van der Waals surface area contributed by atoms with Crippen molar-refractivity contribution in [1.29, 1.82) is 0 Å². The van der Waals surface area contributed by atoms with E-state index in [-0.39, 0.29) is 47.8 Å². The average molecular weight is 614 g/mol. The summed E-state index contributed by atoms with van der Waals surface area (Å²) >= 11 is 0. The zero-order valence-electron chi connectivity index (χ0n) is 25.2. The van der Waals surface area contributed by atoms with Crippen LogP contribution in [0.2, 0.25) is 0 Å². The van der Waals surface area contributed by atoms with Gasteiger partial charge in [-0.3, -0.25) is 4.79 Å². The molecule has 1 unspecified atom stereocenters. The van der Waals surface area contributed by atoms with Crippen LogP contribution in [-0.4, -0.2) is 67.0 Å². The number of sulfone groups is 1. The molecular weight excluding hydrogens is 570 g/mol. The Bertz CT molecular complexity index is 1470. The van der Waals surface area contributed by atoms with Crippen molar-refractivity contribution in [3.05, 3.63) is 47.2 Å². The Morgan fingerprint density at radius 3 is 2.65 bits per heavy atom. The van der Waals surface area contributed by atoms with Crippen LogP contribution in [0, 0.1) is 11.3 Å². The number of fused-ring (bicyclic) bond motifs is 2. The van der Waals surface area contributed by atoms with Crippen LogP contribution in [-0.2, 0) is 27.5 Å². The van der Waals surface area contributed by atoms with Gasteiger partial charge in [0.15, 0.2) is 21.3 Å². The predicted octanol–water partition coefficient (Wildman–Crippen LogP) is 3.26. The topological polar surface area (TPSA) is 136 Å². The van der Waals surface area contributed by atoms with Gasteiger partial charge in [0.25, 0.3) is 0 Å². The summed E-state index contributed by atoms with van der Waals surface area (Å²) < 4.78 is 41.5. The highest BCUT2D eigenvalue weighted by Gasteiger charge is 2.46. The number of carbonyl (C=O) groups excluding carboxylic acids is 1. The minimum atomic E-state index is -3.22. The summed E-state index contributed by atoms with van der Waals surface area (Å²) in [5, 5.41) is 18.1. The van der Waals surface area contributed by atoms with E-state index in [1.807, 2.05) is 24.4 Å². The number of rotatable bonds is 9. The maximum atomic E-state index is 13.2. The fourth-order valence-electron chi connectivity index (χ4n) is 6.66. The first kappa shape index (κ1) is 30.1. The van der Waals surface area contributed by atoms with Gasteiger partial charge < -0.3 is 30.0 Å². The molecule has 3 N–H and O–H groups in total. The first-order valence-corrected chi connectivity index (χ1v) is 17.2. The van der Waals surface area contributed by atoms with Crippen LogP contribution in [0.3, 0.4) is 0 Å². The predicted molar refractivity (Wildman–Crippen MR) is 161 cm³/mol. The average Bonchev–Trinajstić information content (AvgIpc) is 3.54. The molecule has 4 atom stereocenters. The highest BCUT2D eigenvalue weighted by molar-refractivity contribution is 7.91. The molecule has 11 heteroatoms. The van der Waals surface area contributed by atoms with Gasteiger partial charge in [-0.2, -0.15) is 0 Å². The Morgan fingerprint density at radius 1 is 1.16 bits per heavy atom. The number of hydrogen-bond acceptors (Lipinski definition) is 9. The lowest BCUT2D eigenvalue weighted by Crippen LogP contribution is -2.53. The SMILES string of the molecule is CC(C)(C)Cc1cnc2c(c1)[C@@H](NC[C@@H](O)[C@H](Cc1ccc3c(c1)OCO3)NC(=O)C1CCS(=O)(=O)C1)CC1(CCC1)O2. The van der Waals surface area contributed by atoms with Crippen molar-refractivity contribution in [1.82, 2.24) is 15.6 Å². The van der Waals surface area contributed by atoms with E-state index >= 15 is 0 Å². The van der Waals surface area contributed by atoms with Crippen molar-refractivity contribution < 1.29 is 32.5 Å². The van der Waals surface area contributed by atoms with Crippen LogP contribution < -0.4 is 24.8 Å². The number of ether oxygens (including phenoxy) is 3. The van der Waals surface area contributed by atoms with Crippen molar-refractivity contribution in [2.45, 2.75) is 89.5 Å². The number of benzene rings is 1. The molecule has 1 aromatic carbocycles. The number of carbonyl (C=O) groups is 1. The van der Waals surface area contributed by atoms with Gasteiger partial charge in [0.05, 0.1) is 29.6 Å². The number of nitrogens with one attached hydrogen (secondary N) is 2. The number of aliphatic hydroxyl groups excluding tert-OH is 1. The minimum absolute atomic E-state index is 0.0121. The van der Waals surface area contributed by atoms with Gasteiger partial charge in [-0.25, -0.2) is 13.4 Å². The molecule has 1 saturated heterocycles. The van der Waals surface area contributed by atoms with Crippen LogP contribution in [0.4, 0.5) is 0 Å². The van der Waals surface area contributed by atoms with Crippen molar-refractivity contribution in [2.24, 2.45) is 11.3 Å². The summed E-state index contributed by atoms with van der Waals surface area (Å²) in [4.78, 5) is 17.9. The molecule has 6 rings (SSSR count). The fraction of sp³-hybridized carbons (Fsp3) is 0.625. The fourth-order valence-corrected chi connectivity index (χ4v) is 8.40. The molecule has 1 spiro atoms. The van der Waals surface area contributed by atoms with E-state index in [0.29, 0.717) is 30.2 Å². The molecule has 3 aliphatic heterocycles. The third-order valence-electron chi connectivity index (χ3n) is 9.06. The van der Waals surface area contributed by atoms with E-state index in [1.54, 1.807) is 0 Å². The second-order valence-corrected chi connectivity index (χ2v) is 16.2. The van der Waals surface area contributed by atoms with E-state index in [0.717, 1.165) is 48.8 Å². The van der Waals surface area contributed by atoms with E-state index in [1.165, 1.54) is 0 Å². The molecule has 2 fully saturated rings. The summed E-state index contributed by atoms with van der Waals surface area (Å²) in [6, 6.07) is 7.04. The molecule has 1 amide bonds. The van der Waals surface area contributed by atoms with Crippen LogP contribution in [0.15, 0.2) is 30.5 Å². The molecule has 1 aromatic heterocycles. The molecule has 1 saturated carbocycles. The normalized spacial score (nSPS) is 24.5. The molecule has 4 aliphatic rings. The maximum absolute atomic E-state index is 13.2. The minimum Gasteiger partial charge on any atom is -0.471 e. The number of nitrogens with zero attached hydrogens (tertiary/aromatic N) is 1. The largest absolute Gasteiger partial charge is 0.471 e. The van der Waals surface area contributed by atoms with Crippen molar-refractivity contribution >= 4 is 15.7 Å². The van der Waals surface area contributed by atoms with Gasteiger partial charge >= 0.3 is 0 Å². The van der Waals surface area contributed by atoms with Gasteiger partial charge in [0, 0.05) is 30.8 Å². The molecule has 1 aliphatic carbocycles. The van der Waals surface area contributed by atoms with E-state index in [9.17, 15) is 18.3 Å². The van der Waals surface area contributed by atoms with Crippen molar-refractivity contribution in [3.63, 3.8) is 0 Å². The number of amides is 1. The molecular formula is C32H43N3O7S. The van der Waals surface area contributed by atoms with Crippen LogP contribution >= 0.6 is 0 Å². The first-order chi connectivity index (χ1) is 20.4. The summed E-state index contributed by atoms with van der Waals surface area (Å²) in [6.07, 6.45) is 6.35. The quantitative estimate of drug-likeness (QED) is 0.389. The van der Waals surface area contributed by atoms with Gasteiger partial charge in [0.1, 0.15) is 5.60 Å². The number of hydrogen-bond donors (Lipinski definition) is 3. The summed E-state index contributed by atoms with van der Waals surface area (Å²) in [6.45, 7) is 6.99. The van der Waals surface area contributed by atoms with Crippen molar-refractivity contribution in [3.8, 4) is 17.4 Å². The lowest BCUT2D eigenvalue weighted by atomic mass is 9.73. The zero-order valence-corrected chi connectivity index (χ0v) is 26.0. The molecule has 4 heterocycles. The summed E-state index contributed by atoms with van der Waals surface area (Å²) in [7, 11) is -3.22. The third kappa shape index (κ3) is 6.94. The second kappa shape index (κ2) is 11.6. The second-order valence-electron chi connectivity index (χ2n) is 14.0. The Hall–Kier alpha value is -2.89. The van der Waals surface area contributed by atoms with Crippen LogP contribution in [0.5, 0.6) is 17.4 Å². The number of pyridine rings is 1. The summed E-state index contributed by atoms with van der Waals surface area (Å²) in [5.74, 6) is 0.838. The molecule has 0 radical (unpaired) electrons. The Morgan fingerprint density at radius 2 is 1.95 bits per heavy atom. The van der Waals surface area contributed by atoms with Crippen molar-refractivity contribution in [2.75, 3.05) is 24.8 Å². The third-order valence-corrected chi connectivity index (χ3v) is 10.8. The van der Waals surface area contributed by atoms with E-state index in [4.69, 9.17) is 19.2 Å². The molecule has 2 aromatic rings. The first-order valence-electron chi connectivity index (χ1n) is 15.4. The number of aliphatic hydroxyl groups is 1. The van der Waals surface area contributed by atoms with Gasteiger partial charge in [-0.1, -0.05) is 26.8 Å². The van der Waals surface area contributed by atoms with Gasteiger partial charge in [0.2, 0.25) is 18.6 Å². The molecule has 234 valence electrons.